The molecule has 1 aliphatic carbocycles. The molecule has 0 radical (unpaired) electrons. The number of hydrogen-bond donors (Lipinski definition) is 0. The van der Waals surface area contributed by atoms with Crippen molar-refractivity contribution in [1.82, 2.24) is 9.88 Å². The average Bonchev–Trinajstić information content (AvgIpc) is 3.11. The van der Waals surface area contributed by atoms with Gasteiger partial charge in [0, 0.05) is 37.3 Å². The van der Waals surface area contributed by atoms with Crippen LogP contribution < -0.4 is 4.90 Å². The lowest BCUT2D eigenvalue weighted by molar-refractivity contribution is 0.145. The number of nitriles is 1. The predicted molar refractivity (Wildman–Crippen MR) is 93.6 cm³/mol. The van der Waals surface area contributed by atoms with Gasteiger partial charge < -0.3 is 9.80 Å². The second-order valence-corrected chi connectivity index (χ2v) is 8.51. The molecule has 3 heterocycles. The van der Waals surface area contributed by atoms with Gasteiger partial charge in [0.15, 0.2) is 11.3 Å². The van der Waals surface area contributed by atoms with Crippen molar-refractivity contribution in [3.8, 4) is 6.19 Å². The quantitative estimate of drug-likeness (QED) is 0.773. The summed E-state index contributed by atoms with van der Waals surface area (Å²) in [6.45, 7) is 4.13. The van der Waals surface area contributed by atoms with Crippen LogP contribution in [0.15, 0.2) is 6.20 Å². The number of anilines is 1. The number of hydrogen-bond acceptors (Lipinski definition) is 5. The van der Waals surface area contributed by atoms with E-state index in [-0.39, 0.29) is 0 Å². The Bertz CT molecular complexity index is 572. The zero-order valence-electron chi connectivity index (χ0n) is 13.8. The zero-order chi connectivity index (χ0) is 15.6. The van der Waals surface area contributed by atoms with Gasteiger partial charge in [-0.25, -0.2) is 4.98 Å². The third-order valence-corrected chi connectivity index (χ3v) is 7.27. The molecule has 0 N–H and O–H groups in total. The zero-order valence-corrected chi connectivity index (χ0v) is 14.6. The van der Waals surface area contributed by atoms with Gasteiger partial charge in [-0.05, 0) is 43.4 Å². The highest BCUT2D eigenvalue weighted by Crippen LogP contribution is 2.39. The number of nitrogens with zero attached hydrogens (tertiary/aromatic N) is 4. The summed E-state index contributed by atoms with van der Waals surface area (Å²) in [5.41, 5.74) is 0. The highest BCUT2D eigenvalue weighted by atomic mass is 32.1. The fraction of sp³-hybridized carbons (Fsp3) is 0.778. The first-order valence-corrected chi connectivity index (χ1v) is 10.0. The van der Waals surface area contributed by atoms with Gasteiger partial charge in [-0.2, -0.15) is 5.26 Å². The van der Waals surface area contributed by atoms with Crippen molar-refractivity contribution < 1.29 is 0 Å². The normalized spacial score (nSPS) is 29.2. The Morgan fingerprint density at radius 1 is 1.04 bits per heavy atom. The van der Waals surface area contributed by atoms with Crippen molar-refractivity contribution in [2.45, 2.75) is 50.9 Å². The minimum absolute atomic E-state index is 0.638. The lowest BCUT2D eigenvalue weighted by Crippen LogP contribution is -2.48. The van der Waals surface area contributed by atoms with Crippen molar-refractivity contribution in [3.05, 3.63) is 11.1 Å². The minimum Gasteiger partial charge on any atom is -0.348 e. The molecule has 1 aromatic rings. The lowest BCUT2D eigenvalue weighted by Gasteiger charge is -2.43. The fourth-order valence-electron chi connectivity index (χ4n) is 4.63. The lowest BCUT2D eigenvalue weighted by atomic mass is 9.80. The Labute approximate surface area is 143 Å². The first-order valence-electron chi connectivity index (χ1n) is 9.19. The molecule has 4 nitrogen and oxygen atoms in total. The number of thiazole rings is 1. The fourth-order valence-corrected chi connectivity index (χ4v) is 5.75. The number of likely N-dealkylation sites (tertiary alicyclic amines) is 1. The molecule has 124 valence electrons. The molecule has 1 aromatic heterocycles. The van der Waals surface area contributed by atoms with Gasteiger partial charge in [-0.15, -0.1) is 11.3 Å². The Morgan fingerprint density at radius 2 is 1.87 bits per heavy atom. The van der Waals surface area contributed by atoms with E-state index in [1.165, 1.54) is 55.0 Å². The maximum Gasteiger partial charge on any atom is 0.185 e. The van der Waals surface area contributed by atoms with Gasteiger partial charge in [-0.1, -0.05) is 19.3 Å². The van der Waals surface area contributed by atoms with Crippen LogP contribution >= 0.6 is 11.3 Å². The molecular formula is C18H26N4S. The molecule has 0 unspecified atom stereocenters. The molecule has 3 fully saturated rings. The van der Waals surface area contributed by atoms with Crippen molar-refractivity contribution >= 4 is 16.5 Å². The predicted octanol–water partition coefficient (Wildman–Crippen LogP) is 3.82. The molecule has 0 bridgehead atoms. The van der Waals surface area contributed by atoms with E-state index in [1.807, 2.05) is 16.2 Å². The van der Waals surface area contributed by atoms with Crippen LogP contribution in [0.2, 0.25) is 0 Å². The number of aromatic nitrogens is 1. The van der Waals surface area contributed by atoms with E-state index in [0.29, 0.717) is 5.92 Å². The molecule has 23 heavy (non-hydrogen) atoms. The summed E-state index contributed by atoms with van der Waals surface area (Å²) in [6, 6.07) is 0. The molecule has 2 aliphatic heterocycles. The topological polar surface area (TPSA) is 43.2 Å². The third-order valence-electron chi connectivity index (χ3n) is 6.05. The molecule has 0 aromatic carbocycles. The maximum atomic E-state index is 9.16. The summed E-state index contributed by atoms with van der Waals surface area (Å²) < 4.78 is 0. The van der Waals surface area contributed by atoms with Gasteiger partial charge in [0.2, 0.25) is 0 Å². The third kappa shape index (κ3) is 3.19. The molecular weight excluding hydrogens is 304 g/mol. The van der Waals surface area contributed by atoms with E-state index in [2.05, 4.69) is 17.3 Å². The summed E-state index contributed by atoms with van der Waals surface area (Å²) in [5, 5.41) is 10.4. The SMILES string of the molecule is N#CN1CC[C@H]2CCN(c3ncc(C4CCCCC4)s3)C[C@@H]2C1. The summed E-state index contributed by atoms with van der Waals surface area (Å²) in [5.74, 6) is 2.21. The molecule has 0 spiro atoms. The van der Waals surface area contributed by atoms with E-state index in [1.54, 1.807) is 0 Å². The first kappa shape index (κ1) is 15.3. The monoisotopic (exact) mass is 330 g/mol. The van der Waals surface area contributed by atoms with Crippen LogP contribution in [-0.2, 0) is 0 Å². The Morgan fingerprint density at radius 3 is 2.70 bits per heavy atom. The summed E-state index contributed by atoms with van der Waals surface area (Å²) >= 11 is 1.93. The van der Waals surface area contributed by atoms with Crippen molar-refractivity contribution in [2.75, 3.05) is 31.1 Å². The van der Waals surface area contributed by atoms with Crippen LogP contribution in [0.4, 0.5) is 5.13 Å². The molecule has 3 aliphatic rings. The van der Waals surface area contributed by atoms with Gasteiger partial charge >= 0.3 is 0 Å². The Hall–Kier alpha value is -1.28. The summed E-state index contributed by atoms with van der Waals surface area (Å²) in [7, 11) is 0. The van der Waals surface area contributed by atoms with Crippen LogP contribution in [0, 0.1) is 23.3 Å². The first-order chi connectivity index (χ1) is 11.3. The highest BCUT2D eigenvalue weighted by molar-refractivity contribution is 7.15. The van der Waals surface area contributed by atoms with Gasteiger partial charge in [0.1, 0.15) is 0 Å². The molecule has 1 saturated carbocycles. The number of fused-ring (bicyclic) bond motifs is 1. The highest BCUT2D eigenvalue weighted by Gasteiger charge is 2.34. The van der Waals surface area contributed by atoms with Gasteiger partial charge in [0.25, 0.3) is 0 Å². The van der Waals surface area contributed by atoms with Crippen LogP contribution in [0.3, 0.4) is 0 Å². The second-order valence-electron chi connectivity index (χ2n) is 7.47. The van der Waals surface area contributed by atoms with Crippen molar-refractivity contribution in [1.29, 1.82) is 5.26 Å². The maximum absolute atomic E-state index is 9.16. The van der Waals surface area contributed by atoms with Gasteiger partial charge in [0.05, 0.1) is 0 Å². The second kappa shape index (κ2) is 6.68. The molecule has 0 amide bonds. The van der Waals surface area contributed by atoms with E-state index in [0.717, 1.165) is 38.0 Å². The standard InChI is InChI=1S/C18H26N4S/c19-13-21-8-6-14-7-9-22(12-16(14)11-21)18-20-10-17(23-18)15-4-2-1-3-5-15/h10,14-16H,1-9,11-12H2/t14-,16-/m0/s1. The van der Waals surface area contributed by atoms with Crippen LogP contribution in [0.1, 0.15) is 55.7 Å². The Balaban J connectivity index is 1.42. The largest absolute Gasteiger partial charge is 0.348 e. The summed E-state index contributed by atoms with van der Waals surface area (Å²) in [4.78, 5) is 10.7. The van der Waals surface area contributed by atoms with Crippen LogP contribution in [0.25, 0.3) is 0 Å². The number of piperidine rings is 2. The molecule has 2 saturated heterocycles. The summed E-state index contributed by atoms with van der Waals surface area (Å²) in [6.07, 6.45) is 13.8. The van der Waals surface area contributed by atoms with Crippen molar-refractivity contribution in [3.63, 3.8) is 0 Å². The molecule has 2 atom stereocenters. The van der Waals surface area contributed by atoms with E-state index < -0.39 is 0 Å². The minimum atomic E-state index is 0.638. The Kier molecular flexibility index (Phi) is 4.43. The van der Waals surface area contributed by atoms with Crippen LogP contribution in [0.5, 0.6) is 0 Å². The molecule has 4 rings (SSSR count). The van der Waals surface area contributed by atoms with Gasteiger partial charge in [-0.3, -0.25) is 0 Å². The van der Waals surface area contributed by atoms with E-state index >= 15 is 0 Å². The van der Waals surface area contributed by atoms with Crippen molar-refractivity contribution in [2.24, 2.45) is 11.8 Å². The smallest absolute Gasteiger partial charge is 0.185 e. The van der Waals surface area contributed by atoms with E-state index in [4.69, 9.17) is 10.2 Å². The average molecular weight is 331 g/mol. The molecule has 5 heteroatoms. The van der Waals surface area contributed by atoms with E-state index in [9.17, 15) is 0 Å². The van der Waals surface area contributed by atoms with Crippen LogP contribution in [-0.4, -0.2) is 36.1 Å². The number of rotatable bonds is 2.